The maximum atomic E-state index is 14.2. The fraction of sp³-hybridized carbons (Fsp3) is 0.618. The number of amides is 3. The summed E-state index contributed by atoms with van der Waals surface area (Å²) in [6, 6.07) is 6.24. The number of nitrogens with zero attached hydrogens (tertiary/aromatic N) is 2. The van der Waals surface area contributed by atoms with Crippen LogP contribution in [0.15, 0.2) is 41.6 Å². The normalized spacial score (nSPS) is 32.3. The fourth-order valence-electron chi connectivity index (χ4n) is 7.31. The molecule has 1 aromatic rings. The number of fused-ring (bicyclic) bond motifs is 3. The van der Waals surface area contributed by atoms with E-state index in [2.05, 4.69) is 21.9 Å². The average Bonchev–Trinajstić information content (AvgIpc) is 3.33. The molecular weight excluding hydrogens is 576 g/mol. The van der Waals surface area contributed by atoms with Crippen LogP contribution in [0, 0.1) is 5.92 Å². The van der Waals surface area contributed by atoms with Gasteiger partial charge in [-0.3, -0.25) is 9.59 Å². The Morgan fingerprint density at radius 2 is 1.80 bits per heavy atom. The fourth-order valence-corrected chi connectivity index (χ4v) is 7.31. The maximum absolute atomic E-state index is 14.2. The first-order valence-electron chi connectivity index (χ1n) is 16.6. The third-order valence-electron chi connectivity index (χ3n) is 9.99. The van der Waals surface area contributed by atoms with Gasteiger partial charge in [-0.05, 0) is 76.2 Å². The molecule has 0 radical (unpaired) electrons. The van der Waals surface area contributed by atoms with Crippen LogP contribution in [0.5, 0.6) is 0 Å². The number of aryl methyl sites for hydroxylation is 1. The molecule has 3 N–H and O–H groups in total. The summed E-state index contributed by atoms with van der Waals surface area (Å²) in [5, 5.41) is 20.2. The molecule has 0 unspecified atom stereocenters. The minimum atomic E-state index is -1.39. The molecule has 0 aromatic heterocycles. The van der Waals surface area contributed by atoms with Crippen LogP contribution in [0.3, 0.4) is 0 Å². The third-order valence-corrected chi connectivity index (χ3v) is 9.99. The monoisotopic (exact) mass is 620 g/mol. The number of aliphatic carboxylic acids is 1. The van der Waals surface area contributed by atoms with E-state index in [0.29, 0.717) is 19.3 Å². The van der Waals surface area contributed by atoms with Crippen molar-refractivity contribution in [3.63, 3.8) is 0 Å². The summed E-state index contributed by atoms with van der Waals surface area (Å²) >= 11 is 0. The number of benzene rings is 1. The molecule has 5 atom stereocenters. The third kappa shape index (κ3) is 7.02. The minimum Gasteiger partial charge on any atom is -0.479 e. The Morgan fingerprint density at radius 3 is 2.62 bits per heavy atom. The summed E-state index contributed by atoms with van der Waals surface area (Å²) in [5.41, 5.74) is 1.71. The molecular formula is C34H44N4O7. The van der Waals surface area contributed by atoms with E-state index in [9.17, 15) is 24.3 Å². The Kier molecular flexibility index (Phi) is 9.42. The zero-order valence-electron chi connectivity index (χ0n) is 25.7. The first kappa shape index (κ1) is 31.1. The number of nitrogens with one attached hydrogen (secondary N) is 2. The molecule has 1 saturated heterocycles. The molecule has 242 valence electrons. The smallest absolute Gasteiger partial charge is 0.408 e. The van der Waals surface area contributed by atoms with Crippen LogP contribution in [0.1, 0.15) is 94.6 Å². The van der Waals surface area contributed by atoms with Crippen LogP contribution in [0.2, 0.25) is 0 Å². The number of oxime groups is 1. The summed E-state index contributed by atoms with van der Waals surface area (Å²) in [5.74, 6) is -2.33. The Bertz CT molecular complexity index is 1360. The van der Waals surface area contributed by atoms with Crippen LogP contribution in [-0.4, -0.2) is 76.0 Å². The van der Waals surface area contributed by atoms with Gasteiger partial charge in [0.15, 0.2) is 0 Å². The van der Waals surface area contributed by atoms with E-state index in [-0.39, 0.29) is 25.0 Å². The number of rotatable bonds is 5. The average molecular weight is 621 g/mol. The Balaban J connectivity index is 1.23. The zero-order chi connectivity index (χ0) is 31.4. The van der Waals surface area contributed by atoms with Crippen LogP contribution >= 0.6 is 0 Å². The summed E-state index contributed by atoms with van der Waals surface area (Å²) in [6.07, 6.45) is 12.9. The van der Waals surface area contributed by atoms with Gasteiger partial charge < -0.3 is 30.2 Å². The molecule has 0 spiro atoms. The number of alkyl carbamates (subject to hydrolysis) is 1. The molecule has 3 fully saturated rings. The summed E-state index contributed by atoms with van der Waals surface area (Å²) in [4.78, 5) is 60.7. The van der Waals surface area contributed by atoms with Gasteiger partial charge in [-0.1, -0.05) is 54.4 Å². The van der Waals surface area contributed by atoms with Crippen molar-refractivity contribution in [1.82, 2.24) is 15.5 Å². The second kappa shape index (κ2) is 13.6. The van der Waals surface area contributed by atoms with Gasteiger partial charge in [0.05, 0.1) is 12.3 Å². The van der Waals surface area contributed by atoms with E-state index in [0.717, 1.165) is 75.5 Å². The van der Waals surface area contributed by atoms with Crippen LogP contribution < -0.4 is 10.6 Å². The number of allylic oxidation sites excluding steroid dienone is 1. The highest BCUT2D eigenvalue weighted by atomic mass is 16.6. The predicted octanol–water partition coefficient (Wildman–Crippen LogP) is 4.23. The lowest BCUT2D eigenvalue weighted by molar-refractivity contribution is -0.145. The maximum Gasteiger partial charge on any atom is 0.408 e. The van der Waals surface area contributed by atoms with Gasteiger partial charge in [0.25, 0.3) is 0 Å². The quantitative estimate of drug-likeness (QED) is 0.330. The Labute approximate surface area is 263 Å². The van der Waals surface area contributed by atoms with Gasteiger partial charge in [0.1, 0.15) is 29.8 Å². The van der Waals surface area contributed by atoms with Crippen molar-refractivity contribution < 1.29 is 33.9 Å². The van der Waals surface area contributed by atoms with Gasteiger partial charge in [-0.25, -0.2) is 9.59 Å². The molecule has 2 aliphatic heterocycles. The van der Waals surface area contributed by atoms with Gasteiger partial charge in [-0.2, -0.15) is 0 Å². The molecule has 6 rings (SSSR count). The van der Waals surface area contributed by atoms with Crippen LogP contribution in [0.25, 0.3) is 0 Å². The molecule has 3 amide bonds. The molecule has 45 heavy (non-hydrogen) atoms. The van der Waals surface area contributed by atoms with E-state index in [1.807, 2.05) is 30.4 Å². The summed E-state index contributed by atoms with van der Waals surface area (Å²) < 4.78 is 5.62. The Morgan fingerprint density at radius 1 is 1.00 bits per heavy atom. The number of carbonyl (C=O) groups excluding carboxylic acids is 3. The highest BCUT2D eigenvalue weighted by Gasteiger charge is 2.61. The molecule has 0 bridgehead atoms. The predicted molar refractivity (Wildman–Crippen MR) is 165 cm³/mol. The van der Waals surface area contributed by atoms with Crippen molar-refractivity contribution in [2.75, 3.05) is 6.54 Å². The lowest BCUT2D eigenvalue weighted by Gasteiger charge is -2.29. The van der Waals surface area contributed by atoms with Gasteiger partial charge in [0.2, 0.25) is 11.8 Å². The number of hydrogen-bond acceptors (Lipinski definition) is 7. The highest BCUT2D eigenvalue weighted by Crippen LogP contribution is 2.45. The van der Waals surface area contributed by atoms with Crippen molar-refractivity contribution >= 4 is 29.6 Å². The lowest BCUT2D eigenvalue weighted by Crippen LogP contribution is -2.56. The van der Waals surface area contributed by atoms with Crippen molar-refractivity contribution in [1.29, 1.82) is 0 Å². The summed E-state index contributed by atoms with van der Waals surface area (Å²) in [7, 11) is 0. The molecule has 2 heterocycles. The number of carboxylic acid groups (broad SMARTS) is 1. The molecule has 3 aliphatic carbocycles. The van der Waals surface area contributed by atoms with Crippen molar-refractivity contribution in [3.8, 4) is 0 Å². The highest BCUT2D eigenvalue weighted by molar-refractivity contribution is 6.02. The number of ether oxygens (including phenoxy) is 1. The molecule has 11 heteroatoms. The van der Waals surface area contributed by atoms with E-state index in [1.165, 1.54) is 10.5 Å². The molecule has 2 saturated carbocycles. The van der Waals surface area contributed by atoms with Crippen LogP contribution in [-0.2, 0) is 30.4 Å². The van der Waals surface area contributed by atoms with Crippen molar-refractivity contribution in [2.45, 2.75) is 120 Å². The van der Waals surface area contributed by atoms with Gasteiger partial charge in [-0.15, -0.1) is 0 Å². The van der Waals surface area contributed by atoms with E-state index in [1.54, 1.807) is 0 Å². The second-order valence-electron chi connectivity index (χ2n) is 13.2. The summed E-state index contributed by atoms with van der Waals surface area (Å²) in [6.45, 7) is 0.0919. The largest absolute Gasteiger partial charge is 0.479 e. The zero-order valence-corrected chi connectivity index (χ0v) is 25.7. The van der Waals surface area contributed by atoms with Gasteiger partial charge >= 0.3 is 12.1 Å². The van der Waals surface area contributed by atoms with E-state index in [4.69, 9.17) is 9.57 Å². The minimum absolute atomic E-state index is 0.0919. The number of carbonyl (C=O) groups is 4. The number of carboxylic acids is 1. The second-order valence-corrected chi connectivity index (χ2v) is 13.2. The van der Waals surface area contributed by atoms with Crippen LogP contribution in [0.4, 0.5) is 4.79 Å². The Hall–Kier alpha value is -3.89. The van der Waals surface area contributed by atoms with E-state index >= 15 is 0 Å². The van der Waals surface area contributed by atoms with Crippen molar-refractivity contribution in [2.24, 2.45) is 11.1 Å². The molecule has 1 aromatic carbocycles. The topological polar surface area (TPSA) is 147 Å². The van der Waals surface area contributed by atoms with Crippen molar-refractivity contribution in [3.05, 3.63) is 47.5 Å². The lowest BCUT2D eigenvalue weighted by atomic mass is 9.90. The first-order chi connectivity index (χ1) is 21.8. The van der Waals surface area contributed by atoms with E-state index < -0.39 is 47.6 Å². The molecule has 5 aliphatic rings. The molecule has 11 nitrogen and oxygen atoms in total. The SMILES string of the molecule is O=C(N[C@H]1CCCCC/C=C\[C@@H]2C[C@]2(C(=O)O)NC(=O)[C@@H]2C[C@@H](O/N=C3\CCCc4ccccc43)CN2C1=O)OC1CCCC1. The number of hydrogen-bond donors (Lipinski definition) is 3. The first-order valence-corrected chi connectivity index (χ1v) is 16.6. The van der Waals surface area contributed by atoms with Gasteiger partial charge in [0, 0.05) is 17.9 Å². The standard InChI is InChI=1S/C34H44N4O7/c39-30-29-19-25(45-37-27-18-10-12-22-11-6-9-16-26(22)27)21-38(29)31(40)28(35-33(43)44-24-14-7-8-15-24)17-5-3-1-2-4-13-23-20-34(23,36-30)32(41)42/h4,6,9,11,13,16,23-25,28-29H,1-3,5,7-8,10,12,14-15,17-21H2,(H,35,43)(H,36,39)(H,41,42)/b13-4-,37-27+/t23-,25-,28+,29+,34+/m1/s1.